The summed E-state index contributed by atoms with van der Waals surface area (Å²) < 4.78 is 28.0. The molecular weight excluding hydrogens is 551 g/mol. The summed E-state index contributed by atoms with van der Waals surface area (Å²) in [6.07, 6.45) is 5.66. The number of carbonyl (C=O) groups is 1. The SMILES string of the molecule is C=C/C(=N\c1c(C)nc(CN2CCC(Oc3ccnc(Cc4ccc(Cl)cc4F)n3)CC2)n1C[C@@H]1CCO1)C(=O)O. The first-order valence-electron chi connectivity index (χ1n) is 13.6. The lowest BCUT2D eigenvalue weighted by Gasteiger charge is -2.32. The van der Waals surface area contributed by atoms with Gasteiger partial charge in [-0.1, -0.05) is 24.2 Å². The van der Waals surface area contributed by atoms with Gasteiger partial charge in [0.05, 0.1) is 24.9 Å². The minimum absolute atomic E-state index is 0.0167. The third-order valence-electron chi connectivity index (χ3n) is 7.24. The predicted molar refractivity (Wildman–Crippen MR) is 151 cm³/mol. The van der Waals surface area contributed by atoms with Gasteiger partial charge < -0.3 is 19.1 Å². The summed E-state index contributed by atoms with van der Waals surface area (Å²) in [7, 11) is 0. The first-order valence-corrected chi connectivity index (χ1v) is 13.9. The number of aliphatic carboxylic acids is 1. The van der Waals surface area contributed by atoms with E-state index in [0.717, 1.165) is 44.8 Å². The van der Waals surface area contributed by atoms with Gasteiger partial charge in [-0.25, -0.2) is 24.1 Å². The maximum atomic E-state index is 14.2. The molecule has 12 heteroatoms. The number of aromatic nitrogens is 4. The summed E-state index contributed by atoms with van der Waals surface area (Å²) in [4.78, 5) is 31.7. The van der Waals surface area contributed by atoms with E-state index >= 15 is 0 Å². The van der Waals surface area contributed by atoms with Gasteiger partial charge in [0, 0.05) is 43.4 Å². The third-order valence-corrected chi connectivity index (χ3v) is 7.47. The van der Waals surface area contributed by atoms with E-state index in [2.05, 4.69) is 26.4 Å². The number of benzene rings is 1. The number of aliphatic imine (C=N–C) groups is 1. The van der Waals surface area contributed by atoms with Crippen molar-refractivity contribution in [2.75, 3.05) is 19.7 Å². The second-order valence-corrected chi connectivity index (χ2v) is 10.6. The molecule has 2 saturated heterocycles. The summed E-state index contributed by atoms with van der Waals surface area (Å²) in [5.74, 6) is 0.749. The Morgan fingerprint density at radius 1 is 1.29 bits per heavy atom. The van der Waals surface area contributed by atoms with Crippen molar-refractivity contribution >= 4 is 29.1 Å². The van der Waals surface area contributed by atoms with Crippen molar-refractivity contribution in [3.8, 4) is 5.88 Å². The molecule has 1 N–H and O–H groups in total. The number of nitrogens with zero attached hydrogens (tertiary/aromatic N) is 6. The average molecular weight is 583 g/mol. The highest BCUT2D eigenvalue weighted by Gasteiger charge is 2.27. The van der Waals surface area contributed by atoms with Crippen LogP contribution < -0.4 is 4.74 Å². The van der Waals surface area contributed by atoms with E-state index < -0.39 is 11.8 Å². The molecule has 0 unspecified atom stereocenters. The Morgan fingerprint density at radius 2 is 2.07 bits per heavy atom. The molecule has 2 fully saturated rings. The van der Waals surface area contributed by atoms with Gasteiger partial charge in [0.1, 0.15) is 29.3 Å². The molecule has 2 aliphatic rings. The molecule has 0 amide bonds. The normalized spacial score (nSPS) is 18.2. The highest BCUT2D eigenvalue weighted by molar-refractivity contribution is 6.40. The van der Waals surface area contributed by atoms with Crippen LogP contribution in [0.25, 0.3) is 0 Å². The molecule has 216 valence electrons. The van der Waals surface area contributed by atoms with Crippen LogP contribution in [-0.2, 0) is 29.0 Å². The van der Waals surface area contributed by atoms with Crippen molar-refractivity contribution in [1.82, 2.24) is 24.4 Å². The molecule has 4 heterocycles. The number of carboxylic acids is 1. The molecule has 5 rings (SSSR count). The lowest BCUT2D eigenvalue weighted by Crippen LogP contribution is -2.39. The topological polar surface area (TPSA) is 115 Å². The number of imidazole rings is 1. The largest absolute Gasteiger partial charge is 0.477 e. The first kappa shape index (κ1) is 28.8. The fraction of sp³-hybridized carbons (Fsp3) is 0.414. The summed E-state index contributed by atoms with van der Waals surface area (Å²) in [6.45, 7) is 8.87. The molecule has 0 saturated carbocycles. The molecule has 10 nitrogen and oxygen atoms in total. The quantitative estimate of drug-likeness (QED) is 0.328. The van der Waals surface area contributed by atoms with Gasteiger partial charge in [-0.15, -0.1) is 0 Å². The highest BCUT2D eigenvalue weighted by atomic mass is 35.5. The van der Waals surface area contributed by atoms with Crippen LogP contribution in [0.5, 0.6) is 5.88 Å². The lowest BCUT2D eigenvalue weighted by molar-refractivity contribution is -0.129. The summed E-state index contributed by atoms with van der Waals surface area (Å²) in [5, 5.41) is 9.80. The molecule has 0 aliphatic carbocycles. The average Bonchev–Trinajstić information content (AvgIpc) is 3.20. The molecule has 0 bridgehead atoms. The van der Waals surface area contributed by atoms with Crippen LogP contribution >= 0.6 is 11.6 Å². The van der Waals surface area contributed by atoms with E-state index in [1.807, 2.05) is 11.5 Å². The van der Waals surface area contributed by atoms with Crippen molar-refractivity contribution < 1.29 is 23.8 Å². The fourth-order valence-corrected chi connectivity index (χ4v) is 5.08. The number of halogens is 2. The first-order chi connectivity index (χ1) is 19.8. The molecule has 0 radical (unpaired) electrons. The van der Waals surface area contributed by atoms with Crippen LogP contribution in [0.15, 0.2) is 48.1 Å². The van der Waals surface area contributed by atoms with Crippen LogP contribution in [0.4, 0.5) is 10.2 Å². The third kappa shape index (κ3) is 7.16. The van der Waals surface area contributed by atoms with E-state index in [1.54, 1.807) is 24.4 Å². The molecule has 2 aliphatic heterocycles. The number of piperidine rings is 1. The summed E-state index contributed by atoms with van der Waals surface area (Å²) >= 11 is 5.85. The number of aryl methyl sites for hydroxylation is 1. The summed E-state index contributed by atoms with van der Waals surface area (Å²) in [6, 6.07) is 6.27. The van der Waals surface area contributed by atoms with Crippen molar-refractivity contribution in [3.63, 3.8) is 0 Å². The smallest absolute Gasteiger partial charge is 0.354 e. The highest BCUT2D eigenvalue weighted by Crippen LogP contribution is 2.27. The zero-order chi connectivity index (χ0) is 28.9. The van der Waals surface area contributed by atoms with Crippen LogP contribution in [0, 0.1) is 12.7 Å². The minimum Gasteiger partial charge on any atom is -0.477 e. The summed E-state index contributed by atoms with van der Waals surface area (Å²) in [5.41, 5.74) is 1.01. The number of ether oxygens (including phenoxy) is 2. The van der Waals surface area contributed by atoms with Crippen molar-refractivity contribution in [1.29, 1.82) is 0 Å². The van der Waals surface area contributed by atoms with Gasteiger partial charge in [-0.3, -0.25) is 4.90 Å². The Hall–Kier alpha value is -3.67. The number of hydrogen-bond donors (Lipinski definition) is 1. The van der Waals surface area contributed by atoms with Gasteiger partial charge in [-0.2, -0.15) is 4.98 Å². The predicted octanol–water partition coefficient (Wildman–Crippen LogP) is 4.54. The standard InChI is InChI=1S/C29H32ClFN6O4/c1-3-24(29(38)39)34-28-18(2)33-26(37(28)16-22-9-13-40-22)17-36-11-7-21(8-12-36)41-27-6-10-32-25(35-27)14-19-4-5-20(30)15-23(19)31/h3-6,10,15,21-22H,1,7-9,11-14,16-17H2,2H3,(H,38,39)/b34-24+/t22-/m0/s1. The second kappa shape index (κ2) is 12.9. The van der Waals surface area contributed by atoms with E-state index in [1.165, 1.54) is 12.1 Å². The lowest BCUT2D eigenvalue weighted by atomic mass is 10.1. The fourth-order valence-electron chi connectivity index (χ4n) is 4.92. The number of hydrogen-bond acceptors (Lipinski definition) is 8. The molecule has 41 heavy (non-hydrogen) atoms. The van der Waals surface area contributed by atoms with Gasteiger partial charge in [-0.05, 0) is 50.0 Å². The maximum Gasteiger partial charge on any atom is 0.354 e. The Labute approximate surface area is 242 Å². The molecule has 2 aromatic heterocycles. The maximum absolute atomic E-state index is 14.2. The molecular formula is C29H32ClFN6O4. The Bertz CT molecular complexity index is 1450. The zero-order valence-corrected chi connectivity index (χ0v) is 23.6. The number of rotatable bonds is 11. The van der Waals surface area contributed by atoms with Crippen molar-refractivity contribution in [2.45, 2.75) is 57.9 Å². The molecule has 1 aromatic carbocycles. The molecule has 0 spiro atoms. The van der Waals surface area contributed by atoms with E-state index in [9.17, 15) is 14.3 Å². The van der Waals surface area contributed by atoms with Crippen LogP contribution in [0.3, 0.4) is 0 Å². The van der Waals surface area contributed by atoms with Crippen LogP contribution in [-0.4, -0.2) is 73.1 Å². The second-order valence-electron chi connectivity index (χ2n) is 10.2. The van der Waals surface area contributed by atoms with Gasteiger partial charge >= 0.3 is 5.97 Å². The Morgan fingerprint density at radius 3 is 2.73 bits per heavy atom. The number of carboxylic acid groups (broad SMARTS) is 1. The van der Waals surface area contributed by atoms with Crippen molar-refractivity contribution in [2.24, 2.45) is 4.99 Å². The van der Waals surface area contributed by atoms with E-state index in [4.69, 9.17) is 26.1 Å². The van der Waals surface area contributed by atoms with Gasteiger partial charge in [0.25, 0.3) is 0 Å². The van der Waals surface area contributed by atoms with E-state index in [-0.39, 0.29) is 24.3 Å². The Kier molecular flexibility index (Phi) is 9.06. The Balaban J connectivity index is 1.22. The zero-order valence-electron chi connectivity index (χ0n) is 22.8. The monoisotopic (exact) mass is 582 g/mol. The molecule has 1 atom stereocenters. The van der Waals surface area contributed by atoms with Crippen LogP contribution in [0.2, 0.25) is 5.02 Å². The van der Waals surface area contributed by atoms with Gasteiger partial charge in [0.15, 0.2) is 5.82 Å². The van der Waals surface area contributed by atoms with E-state index in [0.29, 0.717) is 46.9 Å². The van der Waals surface area contributed by atoms with Crippen molar-refractivity contribution in [3.05, 3.63) is 76.9 Å². The molecule has 3 aromatic rings. The number of likely N-dealkylation sites (tertiary alicyclic amines) is 1. The van der Waals surface area contributed by atoms with Gasteiger partial charge in [0.2, 0.25) is 5.88 Å². The minimum atomic E-state index is -1.14. The van der Waals surface area contributed by atoms with Crippen LogP contribution in [0.1, 0.15) is 42.2 Å².